The number of nitrogens with zero attached hydrogens (tertiary/aromatic N) is 2. The smallest absolute Gasteiger partial charge is 0.339 e. The summed E-state index contributed by atoms with van der Waals surface area (Å²) in [6, 6.07) is 5.02. The maximum Gasteiger partial charge on any atom is 0.339 e. The van der Waals surface area contributed by atoms with E-state index >= 15 is 0 Å². The van der Waals surface area contributed by atoms with E-state index in [0.717, 1.165) is 23.4 Å². The maximum absolute atomic E-state index is 11.2. The van der Waals surface area contributed by atoms with Crippen LogP contribution in [-0.2, 0) is 20.1 Å². The van der Waals surface area contributed by atoms with Gasteiger partial charge in [-0.3, -0.25) is 4.68 Å². The summed E-state index contributed by atoms with van der Waals surface area (Å²) in [6.07, 6.45) is 0.734. The summed E-state index contributed by atoms with van der Waals surface area (Å²) in [5.41, 5.74) is 2.45. The molecule has 6 heteroatoms. The van der Waals surface area contributed by atoms with Crippen LogP contribution in [0.3, 0.4) is 0 Å². The molecule has 0 atom stereocenters. The molecule has 2 rings (SSSR count). The Kier molecular flexibility index (Phi) is 4.53. The lowest BCUT2D eigenvalue weighted by Crippen LogP contribution is -2.08. The molecule has 0 aliphatic heterocycles. The molecule has 0 saturated carbocycles. The molecule has 0 unspecified atom stereocenters. The third-order valence-corrected chi connectivity index (χ3v) is 3.73. The molecule has 0 saturated heterocycles. The van der Waals surface area contributed by atoms with Crippen molar-refractivity contribution in [3.05, 3.63) is 45.7 Å². The predicted octanol–water partition coefficient (Wildman–Crippen LogP) is 3.22. The fourth-order valence-electron chi connectivity index (χ4n) is 2.13. The number of aryl methyl sites for hydroxylation is 3. The van der Waals surface area contributed by atoms with Crippen LogP contribution in [0, 0.1) is 6.92 Å². The average Bonchev–Trinajstić information content (AvgIpc) is 2.72. The molecule has 2 aromatic rings. The number of para-hydroxylation sites is 1. The Morgan fingerprint density at radius 2 is 2.19 bits per heavy atom. The van der Waals surface area contributed by atoms with Gasteiger partial charge in [-0.05, 0) is 25.0 Å². The second-order valence-corrected chi connectivity index (χ2v) is 5.11. The zero-order valence-corrected chi connectivity index (χ0v) is 12.9. The average molecular weight is 309 g/mol. The topological polar surface area (TPSA) is 64.4 Å². The van der Waals surface area contributed by atoms with E-state index in [1.807, 2.05) is 19.9 Å². The molecule has 0 spiro atoms. The van der Waals surface area contributed by atoms with Crippen LogP contribution in [-0.4, -0.2) is 20.9 Å². The monoisotopic (exact) mass is 308 g/mol. The van der Waals surface area contributed by atoms with Crippen LogP contribution in [0.2, 0.25) is 5.02 Å². The molecule has 1 N–H and O–H groups in total. The number of aromatic nitrogens is 2. The highest BCUT2D eigenvalue weighted by atomic mass is 35.5. The van der Waals surface area contributed by atoms with E-state index in [0.29, 0.717) is 10.8 Å². The fraction of sp³-hybridized carbons (Fsp3) is 0.333. The standard InChI is InChI=1S/C15H17ClN2O3/c1-4-11-13(16)12(18(3)17-11)8-21-14-9(2)6-5-7-10(14)15(19)20/h5-7H,4,8H2,1-3H3,(H,19,20). The van der Waals surface area contributed by atoms with Crippen LogP contribution in [0.1, 0.15) is 34.2 Å². The Hall–Kier alpha value is -2.01. The first-order valence-corrected chi connectivity index (χ1v) is 6.99. The molecule has 1 aromatic carbocycles. The van der Waals surface area contributed by atoms with Gasteiger partial charge in [-0.2, -0.15) is 5.10 Å². The SMILES string of the molecule is CCc1nn(C)c(COc2c(C)cccc2C(=O)O)c1Cl. The van der Waals surface area contributed by atoms with Gasteiger partial charge < -0.3 is 9.84 Å². The van der Waals surface area contributed by atoms with Crippen molar-refractivity contribution < 1.29 is 14.6 Å². The number of ether oxygens (including phenoxy) is 1. The van der Waals surface area contributed by atoms with Crippen molar-refractivity contribution in [3.8, 4) is 5.75 Å². The second kappa shape index (κ2) is 6.18. The number of aromatic carboxylic acids is 1. The van der Waals surface area contributed by atoms with E-state index in [4.69, 9.17) is 16.3 Å². The highest BCUT2D eigenvalue weighted by molar-refractivity contribution is 6.31. The van der Waals surface area contributed by atoms with E-state index in [1.54, 1.807) is 17.8 Å². The molecular weight excluding hydrogens is 292 g/mol. The van der Waals surface area contributed by atoms with Gasteiger partial charge in [-0.25, -0.2) is 4.79 Å². The van der Waals surface area contributed by atoms with Gasteiger partial charge in [0, 0.05) is 7.05 Å². The summed E-state index contributed by atoms with van der Waals surface area (Å²) in [6.45, 7) is 3.96. The number of carbonyl (C=O) groups is 1. The van der Waals surface area contributed by atoms with Crippen LogP contribution in [0.4, 0.5) is 0 Å². The van der Waals surface area contributed by atoms with Crippen LogP contribution in [0.25, 0.3) is 0 Å². The number of rotatable bonds is 5. The molecular formula is C15H17ClN2O3. The summed E-state index contributed by atoms with van der Waals surface area (Å²) < 4.78 is 7.38. The Labute approximate surface area is 128 Å². The zero-order chi connectivity index (χ0) is 15.6. The summed E-state index contributed by atoms with van der Waals surface area (Å²) >= 11 is 6.26. The second-order valence-electron chi connectivity index (χ2n) is 4.73. The van der Waals surface area contributed by atoms with E-state index < -0.39 is 5.97 Å². The molecule has 1 heterocycles. The first-order valence-electron chi connectivity index (χ1n) is 6.61. The van der Waals surface area contributed by atoms with E-state index in [2.05, 4.69) is 5.10 Å². The molecule has 0 radical (unpaired) electrons. The van der Waals surface area contributed by atoms with Crippen molar-refractivity contribution in [1.82, 2.24) is 9.78 Å². The van der Waals surface area contributed by atoms with Crippen LogP contribution in [0.5, 0.6) is 5.75 Å². The third-order valence-electron chi connectivity index (χ3n) is 3.30. The van der Waals surface area contributed by atoms with Gasteiger partial charge in [-0.1, -0.05) is 30.7 Å². The van der Waals surface area contributed by atoms with Gasteiger partial charge in [0.15, 0.2) is 0 Å². The van der Waals surface area contributed by atoms with Gasteiger partial charge in [0.2, 0.25) is 0 Å². The Bertz CT molecular complexity index is 680. The molecule has 21 heavy (non-hydrogen) atoms. The molecule has 0 aliphatic rings. The third kappa shape index (κ3) is 3.03. The molecule has 1 aromatic heterocycles. The summed E-state index contributed by atoms with van der Waals surface area (Å²) in [4.78, 5) is 11.2. The fourth-order valence-corrected chi connectivity index (χ4v) is 2.48. The molecule has 112 valence electrons. The number of carboxylic acid groups (broad SMARTS) is 1. The number of halogens is 1. The van der Waals surface area contributed by atoms with Crippen molar-refractivity contribution in [2.45, 2.75) is 26.9 Å². The lowest BCUT2D eigenvalue weighted by Gasteiger charge is -2.12. The Balaban J connectivity index is 2.29. The summed E-state index contributed by atoms with van der Waals surface area (Å²) in [7, 11) is 1.79. The largest absolute Gasteiger partial charge is 0.486 e. The minimum Gasteiger partial charge on any atom is -0.486 e. The Morgan fingerprint density at radius 1 is 1.48 bits per heavy atom. The van der Waals surface area contributed by atoms with Gasteiger partial charge in [0.05, 0.1) is 16.4 Å². The normalized spacial score (nSPS) is 10.7. The highest BCUT2D eigenvalue weighted by Gasteiger charge is 2.17. The minimum absolute atomic E-state index is 0.143. The highest BCUT2D eigenvalue weighted by Crippen LogP contribution is 2.27. The summed E-state index contributed by atoms with van der Waals surface area (Å²) in [5.74, 6) is -0.653. The molecule has 0 bridgehead atoms. The van der Waals surface area contributed by atoms with Crippen molar-refractivity contribution in [1.29, 1.82) is 0 Å². The van der Waals surface area contributed by atoms with Crippen molar-refractivity contribution in [2.75, 3.05) is 0 Å². The first kappa shape index (κ1) is 15.4. The number of hydrogen-bond acceptors (Lipinski definition) is 3. The number of benzene rings is 1. The Morgan fingerprint density at radius 3 is 2.76 bits per heavy atom. The predicted molar refractivity (Wildman–Crippen MR) is 80.1 cm³/mol. The van der Waals surface area contributed by atoms with Gasteiger partial charge in [0.25, 0.3) is 0 Å². The molecule has 5 nitrogen and oxygen atoms in total. The van der Waals surface area contributed by atoms with Crippen LogP contribution >= 0.6 is 11.6 Å². The first-order chi connectivity index (χ1) is 9.95. The minimum atomic E-state index is -1.01. The van der Waals surface area contributed by atoms with Crippen molar-refractivity contribution in [3.63, 3.8) is 0 Å². The lowest BCUT2D eigenvalue weighted by atomic mass is 10.1. The van der Waals surface area contributed by atoms with Crippen molar-refractivity contribution >= 4 is 17.6 Å². The molecule has 0 aliphatic carbocycles. The zero-order valence-electron chi connectivity index (χ0n) is 12.2. The number of carboxylic acids is 1. The van der Waals surface area contributed by atoms with E-state index in [-0.39, 0.29) is 12.2 Å². The van der Waals surface area contributed by atoms with E-state index in [1.165, 1.54) is 6.07 Å². The van der Waals surface area contributed by atoms with Crippen molar-refractivity contribution in [2.24, 2.45) is 7.05 Å². The van der Waals surface area contributed by atoms with E-state index in [9.17, 15) is 9.90 Å². The summed E-state index contributed by atoms with van der Waals surface area (Å²) in [5, 5.41) is 14.1. The number of hydrogen-bond donors (Lipinski definition) is 1. The lowest BCUT2D eigenvalue weighted by molar-refractivity contribution is 0.0691. The van der Waals surface area contributed by atoms with Crippen LogP contribution < -0.4 is 4.74 Å². The van der Waals surface area contributed by atoms with Crippen LogP contribution in [0.15, 0.2) is 18.2 Å². The quantitative estimate of drug-likeness (QED) is 0.921. The van der Waals surface area contributed by atoms with Gasteiger partial charge in [-0.15, -0.1) is 0 Å². The van der Waals surface area contributed by atoms with Gasteiger partial charge in [0.1, 0.15) is 17.9 Å². The molecule has 0 amide bonds. The molecule has 0 fully saturated rings. The van der Waals surface area contributed by atoms with Gasteiger partial charge >= 0.3 is 5.97 Å². The maximum atomic E-state index is 11.2.